The highest BCUT2D eigenvalue weighted by molar-refractivity contribution is 7.99. The molecule has 0 spiro atoms. The third kappa shape index (κ3) is 3.42. The number of aryl methyl sites for hydroxylation is 1. The molecule has 118 valence electrons. The molecule has 3 aromatic heterocycles. The molecule has 23 heavy (non-hydrogen) atoms. The van der Waals surface area contributed by atoms with Gasteiger partial charge in [-0.2, -0.15) is 4.68 Å². The van der Waals surface area contributed by atoms with Crippen LogP contribution in [-0.4, -0.2) is 25.7 Å². The van der Waals surface area contributed by atoms with E-state index in [1.807, 2.05) is 6.07 Å². The van der Waals surface area contributed by atoms with Crippen molar-refractivity contribution in [2.75, 3.05) is 5.75 Å². The molecule has 0 saturated heterocycles. The number of rotatable bonds is 6. The second kappa shape index (κ2) is 6.66. The Labute approximate surface area is 136 Å². The van der Waals surface area contributed by atoms with Gasteiger partial charge in [0.2, 0.25) is 0 Å². The van der Waals surface area contributed by atoms with Crippen LogP contribution in [-0.2, 0) is 6.54 Å². The normalized spacial score (nSPS) is 10.8. The van der Waals surface area contributed by atoms with Gasteiger partial charge in [-0.1, -0.05) is 11.2 Å². The molecule has 0 radical (unpaired) electrons. The zero-order valence-electron chi connectivity index (χ0n) is 12.4. The molecule has 0 fully saturated rings. The molecule has 3 rings (SSSR count). The van der Waals surface area contributed by atoms with Crippen molar-refractivity contribution in [3.05, 3.63) is 59.1 Å². The Balaban J connectivity index is 1.91. The molecular weight excluding hydrogens is 316 g/mol. The summed E-state index contributed by atoms with van der Waals surface area (Å²) >= 11 is 1.50. The molecule has 8 heteroatoms. The van der Waals surface area contributed by atoms with E-state index in [2.05, 4.69) is 21.8 Å². The predicted molar refractivity (Wildman–Crippen MR) is 85.3 cm³/mol. The van der Waals surface area contributed by atoms with E-state index >= 15 is 0 Å². The van der Waals surface area contributed by atoms with Gasteiger partial charge in [0.25, 0.3) is 5.89 Å². The minimum atomic E-state index is -0.552. The van der Waals surface area contributed by atoms with Crippen LogP contribution >= 0.6 is 11.8 Å². The van der Waals surface area contributed by atoms with Gasteiger partial charge in [0, 0.05) is 18.0 Å². The molecular formula is C15H14N4O3S. The fraction of sp³-hybridized carbons (Fsp3) is 0.200. The van der Waals surface area contributed by atoms with Crippen LogP contribution in [0.2, 0.25) is 0 Å². The van der Waals surface area contributed by atoms with Crippen molar-refractivity contribution in [1.82, 2.24) is 19.9 Å². The quantitative estimate of drug-likeness (QED) is 0.507. The van der Waals surface area contributed by atoms with Crippen LogP contribution in [0.4, 0.5) is 0 Å². The second-order valence-corrected chi connectivity index (χ2v) is 5.72. The van der Waals surface area contributed by atoms with Gasteiger partial charge in [-0.3, -0.25) is 0 Å². The fourth-order valence-corrected chi connectivity index (χ4v) is 2.69. The lowest BCUT2D eigenvalue weighted by Crippen LogP contribution is -2.16. The number of pyridine rings is 1. The average molecular weight is 330 g/mol. The molecule has 0 amide bonds. The van der Waals surface area contributed by atoms with Gasteiger partial charge in [0.1, 0.15) is 16.5 Å². The largest absolute Gasteiger partial charge is 0.437 e. The first-order chi connectivity index (χ1) is 11.2. The topological polar surface area (TPSA) is 87.0 Å². The van der Waals surface area contributed by atoms with Crippen molar-refractivity contribution in [2.24, 2.45) is 0 Å². The minimum absolute atomic E-state index is 0.190. The third-order valence-electron chi connectivity index (χ3n) is 2.93. The van der Waals surface area contributed by atoms with Crippen molar-refractivity contribution in [3.63, 3.8) is 0 Å². The van der Waals surface area contributed by atoms with Crippen LogP contribution < -0.4 is 5.76 Å². The van der Waals surface area contributed by atoms with Gasteiger partial charge < -0.3 is 8.94 Å². The van der Waals surface area contributed by atoms with Crippen LogP contribution in [0.3, 0.4) is 0 Å². The lowest BCUT2D eigenvalue weighted by molar-refractivity contribution is 0.386. The van der Waals surface area contributed by atoms with E-state index in [1.165, 1.54) is 16.4 Å². The van der Waals surface area contributed by atoms with Gasteiger partial charge >= 0.3 is 5.76 Å². The minimum Gasteiger partial charge on any atom is -0.387 e. The fourth-order valence-electron chi connectivity index (χ4n) is 1.97. The molecule has 0 unspecified atom stereocenters. The summed E-state index contributed by atoms with van der Waals surface area (Å²) < 4.78 is 11.5. The van der Waals surface area contributed by atoms with E-state index in [-0.39, 0.29) is 12.4 Å². The summed E-state index contributed by atoms with van der Waals surface area (Å²) in [6, 6.07) is 5.33. The molecule has 0 bridgehead atoms. The highest BCUT2D eigenvalue weighted by Gasteiger charge is 2.16. The Kier molecular flexibility index (Phi) is 4.42. The van der Waals surface area contributed by atoms with E-state index in [4.69, 9.17) is 8.94 Å². The van der Waals surface area contributed by atoms with E-state index in [9.17, 15) is 4.79 Å². The van der Waals surface area contributed by atoms with E-state index in [0.29, 0.717) is 22.8 Å². The zero-order valence-corrected chi connectivity index (χ0v) is 13.2. The monoisotopic (exact) mass is 330 g/mol. The first-order valence-corrected chi connectivity index (χ1v) is 7.85. The average Bonchev–Trinajstić information content (AvgIpc) is 3.12. The third-order valence-corrected chi connectivity index (χ3v) is 3.94. The first kappa shape index (κ1) is 15.3. The van der Waals surface area contributed by atoms with Crippen LogP contribution in [0, 0.1) is 6.92 Å². The molecule has 0 N–H and O–H groups in total. The van der Waals surface area contributed by atoms with E-state index < -0.39 is 5.76 Å². The lowest BCUT2D eigenvalue weighted by atomic mass is 10.3. The summed E-state index contributed by atoms with van der Waals surface area (Å²) in [4.78, 5) is 16.3. The number of thioether (sulfide) groups is 1. The molecule has 0 aliphatic carbocycles. The summed E-state index contributed by atoms with van der Waals surface area (Å²) in [6.07, 6.45) is 3.47. The Hall–Kier alpha value is -2.61. The Morgan fingerprint density at radius 3 is 3.09 bits per heavy atom. The SMILES string of the molecule is C=CCSc1ncccc1-c1nn(Cc2cc(C)on2)c(=O)o1. The summed E-state index contributed by atoms with van der Waals surface area (Å²) in [5.41, 5.74) is 1.28. The van der Waals surface area contributed by atoms with Gasteiger partial charge in [-0.15, -0.1) is 23.4 Å². The van der Waals surface area contributed by atoms with Crippen molar-refractivity contribution in [3.8, 4) is 11.5 Å². The standard InChI is InChI=1S/C15H14N4O3S/c1-3-7-23-14-12(5-4-6-16-14)13-17-19(15(20)21-13)9-11-8-10(2)22-18-11/h3-6,8H,1,7,9H2,2H3. The number of hydrogen-bond acceptors (Lipinski definition) is 7. The maximum Gasteiger partial charge on any atom is 0.437 e. The van der Waals surface area contributed by atoms with Gasteiger partial charge in [0.15, 0.2) is 0 Å². The number of hydrogen-bond donors (Lipinski definition) is 0. The summed E-state index contributed by atoms with van der Waals surface area (Å²) in [6.45, 7) is 5.66. The lowest BCUT2D eigenvalue weighted by Gasteiger charge is -2.02. The van der Waals surface area contributed by atoms with Crippen LogP contribution in [0.5, 0.6) is 0 Å². The molecule has 0 aliphatic heterocycles. The maximum absolute atomic E-state index is 12.0. The van der Waals surface area contributed by atoms with Crippen molar-refractivity contribution >= 4 is 11.8 Å². The smallest absolute Gasteiger partial charge is 0.387 e. The molecule has 0 aromatic carbocycles. The van der Waals surface area contributed by atoms with E-state index in [1.54, 1.807) is 31.3 Å². The first-order valence-electron chi connectivity index (χ1n) is 6.86. The molecule has 3 aromatic rings. The van der Waals surface area contributed by atoms with Gasteiger partial charge in [0.05, 0.1) is 12.1 Å². The highest BCUT2D eigenvalue weighted by atomic mass is 32.2. The predicted octanol–water partition coefficient (Wildman–Crippen LogP) is 2.52. The van der Waals surface area contributed by atoms with Crippen molar-refractivity contribution in [1.29, 1.82) is 0 Å². The summed E-state index contributed by atoms with van der Waals surface area (Å²) in [7, 11) is 0. The molecule has 0 aliphatic rings. The highest BCUT2D eigenvalue weighted by Crippen LogP contribution is 2.27. The summed E-state index contributed by atoms with van der Waals surface area (Å²) in [5, 5.41) is 8.81. The second-order valence-electron chi connectivity index (χ2n) is 4.72. The number of nitrogens with zero attached hydrogens (tertiary/aromatic N) is 4. The van der Waals surface area contributed by atoms with Crippen molar-refractivity contribution < 1.29 is 8.94 Å². The van der Waals surface area contributed by atoms with Crippen LogP contribution in [0.25, 0.3) is 11.5 Å². The van der Waals surface area contributed by atoms with Gasteiger partial charge in [-0.05, 0) is 19.1 Å². The van der Waals surface area contributed by atoms with Gasteiger partial charge in [-0.25, -0.2) is 9.78 Å². The maximum atomic E-state index is 12.0. The van der Waals surface area contributed by atoms with Crippen LogP contribution in [0.1, 0.15) is 11.5 Å². The molecule has 0 atom stereocenters. The Morgan fingerprint density at radius 2 is 2.35 bits per heavy atom. The Morgan fingerprint density at radius 1 is 1.48 bits per heavy atom. The summed E-state index contributed by atoms with van der Waals surface area (Å²) in [5.74, 6) is 1.05. The number of aromatic nitrogens is 4. The molecule has 3 heterocycles. The van der Waals surface area contributed by atoms with Crippen molar-refractivity contribution in [2.45, 2.75) is 18.5 Å². The van der Waals surface area contributed by atoms with E-state index in [0.717, 1.165) is 5.03 Å². The molecule has 0 saturated carbocycles. The zero-order chi connectivity index (χ0) is 16.2. The Bertz CT molecular complexity index is 881. The van der Waals surface area contributed by atoms with Crippen LogP contribution in [0.15, 0.2) is 55.8 Å². The molecule has 7 nitrogen and oxygen atoms in total.